The van der Waals surface area contributed by atoms with Gasteiger partial charge in [0.2, 0.25) is 0 Å². The molecule has 2 aromatic rings. The Morgan fingerprint density at radius 1 is 1.27 bits per heavy atom. The molecule has 0 saturated carbocycles. The van der Waals surface area contributed by atoms with Crippen molar-refractivity contribution in [3.63, 3.8) is 0 Å². The maximum absolute atomic E-state index is 13.4. The van der Waals surface area contributed by atoms with Crippen molar-refractivity contribution >= 4 is 45.2 Å². The first-order valence-corrected chi connectivity index (χ1v) is 13.2. The number of amides is 2. The lowest BCUT2D eigenvalue weighted by Gasteiger charge is -2.61. The number of halogens is 1. The molecule has 3 fully saturated rings. The molecular weight excluding hydrogens is 570 g/mol. The number of non-ortho nitro benzene ring substituents is 1. The van der Waals surface area contributed by atoms with Gasteiger partial charge in [0.05, 0.1) is 9.25 Å². The van der Waals surface area contributed by atoms with E-state index in [0.29, 0.717) is 17.1 Å². The topological polar surface area (TPSA) is 129 Å². The molecular formula is C24H24BrN3O8S. The second kappa shape index (κ2) is 9.55. The lowest BCUT2D eigenvalue weighted by molar-refractivity contribution is -0.385. The van der Waals surface area contributed by atoms with Crippen LogP contribution < -0.4 is 10.1 Å². The molecule has 2 aromatic carbocycles. The average molecular weight is 594 g/mol. The largest absolute Gasteiger partial charge is 0.484 e. The molecule has 3 aliphatic heterocycles. The number of para-hydroxylation sites is 1. The van der Waals surface area contributed by atoms with Gasteiger partial charge in [-0.3, -0.25) is 29.3 Å². The van der Waals surface area contributed by atoms with Crippen LogP contribution in [0.25, 0.3) is 0 Å². The number of alkyl halides is 1. The van der Waals surface area contributed by atoms with Gasteiger partial charge in [-0.15, -0.1) is 11.8 Å². The number of carbonyl (C=O) groups excluding carboxylic acids is 2. The maximum atomic E-state index is 13.4. The number of hydrogen-bond acceptors (Lipinski definition) is 9. The predicted octanol–water partition coefficient (Wildman–Crippen LogP) is 2.73. The number of β-lactam (4-membered cyclic amide) rings is 1. The molecule has 11 nitrogen and oxygen atoms in total. The minimum atomic E-state index is -1.69. The number of thioether (sulfide) groups is 1. The number of rotatable bonds is 7. The lowest BCUT2D eigenvalue weighted by Crippen LogP contribution is -2.82. The van der Waals surface area contributed by atoms with Gasteiger partial charge < -0.3 is 19.5 Å². The van der Waals surface area contributed by atoms with Crippen LogP contribution in [0.5, 0.6) is 5.75 Å². The number of nitro benzene ring substituents is 1. The minimum absolute atomic E-state index is 0.0276. The molecule has 3 saturated heterocycles. The summed E-state index contributed by atoms with van der Waals surface area (Å²) < 4.78 is 22.9. The molecule has 1 spiro atoms. The number of nitro groups is 1. The predicted molar refractivity (Wildman–Crippen MR) is 136 cm³/mol. The van der Waals surface area contributed by atoms with Crippen LogP contribution >= 0.6 is 27.7 Å². The molecule has 3 aliphatic rings. The van der Waals surface area contributed by atoms with Gasteiger partial charge in [-0.2, -0.15) is 0 Å². The van der Waals surface area contributed by atoms with E-state index in [-0.39, 0.29) is 24.8 Å². The third-order valence-electron chi connectivity index (χ3n) is 6.66. The molecule has 13 heteroatoms. The van der Waals surface area contributed by atoms with E-state index in [0.717, 1.165) is 0 Å². The number of nitrogens with zero attached hydrogens (tertiary/aromatic N) is 2. The zero-order valence-corrected chi connectivity index (χ0v) is 22.3. The molecule has 196 valence electrons. The van der Waals surface area contributed by atoms with Crippen molar-refractivity contribution in [1.29, 1.82) is 0 Å². The third kappa shape index (κ3) is 4.28. The van der Waals surface area contributed by atoms with Crippen LogP contribution in [-0.2, 0) is 29.8 Å². The number of methoxy groups -OCH3 is 1. The fourth-order valence-corrected chi connectivity index (χ4v) is 6.93. The Morgan fingerprint density at radius 3 is 2.62 bits per heavy atom. The van der Waals surface area contributed by atoms with Crippen molar-refractivity contribution in [2.75, 3.05) is 26.1 Å². The van der Waals surface area contributed by atoms with Gasteiger partial charge in [0.1, 0.15) is 23.8 Å². The van der Waals surface area contributed by atoms with Crippen LogP contribution in [0, 0.1) is 10.1 Å². The van der Waals surface area contributed by atoms with Gasteiger partial charge in [0, 0.05) is 30.6 Å². The molecule has 3 heterocycles. The summed E-state index contributed by atoms with van der Waals surface area (Å²) in [7, 11) is 1.40. The van der Waals surface area contributed by atoms with E-state index in [9.17, 15) is 19.7 Å². The van der Waals surface area contributed by atoms with Gasteiger partial charge in [0.15, 0.2) is 12.3 Å². The van der Waals surface area contributed by atoms with Crippen LogP contribution in [0.2, 0.25) is 0 Å². The highest BCUT2D eigenvalue weighted by Gasteiger charge is 2.72. The number of ether oxygens (including phenoxy) is 4. The highest BCUT2D eigenvalue weighted by atomic mass is 79.9. The zero-order valence-electron chi connectivity index (χ0n) is 19.9. The summed E-state index contributed by atoms with van der Waals surface area (Å²) in [6.45, 7) is 1.65. The Bertz CT molecular complexity index is 1220. The first-order valence-electron chi connectivity index (χ1n) is 11.4. The standard InChI is InChI=1S/C24H24BrN3O8S/c1-22(25)14-37-21-19(26-18(29)12-34-17-6-4-3-5-7-17)20(30)27(21)23(22)13-35-24(33-2,36-23)15-8-10-16(11-9-15)28(31)32/h3-11,19,21H,12-14H2,1-2H3,(H,26,29)/t19?,21-,22-,23?,24+/m1/s1. The normalized spacial score (nSPS) is 32.5. The highest BCUT2D eigenvalue weighted by molar-refractivity contribution is 9.10. The van der Waals surface area contributed by atoms with Crippen LogP contribution in [0.15, 0.2) is 54.6 Å². The first-order chi connectivity index (χ1) is 17.6. The van der Waals surface area contributed by atoms with Crippen LogP contribution in [-0.4, -0.2) is 69.2 Å². The number of nitrogens with one attached hydrogen (secondary N) is 1. The Labute approximate surface area is 225 Å². The quantitative estimate of drug-likeness (QED) is 0.223. The summed E-state index contributed by atoms with van der Waals surface area (Å²) in [6.07, 6.45) is 0. The maximum Gasteiger partial charge on any atom is 0.314 e. The summed E-state index contributed by atoms with van der Waals surface area (Å²) in [4.78, 5) is 38.1. The number of hydrogen-bond donors (Lipinski definition) is 1. The minimum Gasteiger partial charge on any atom is -0.484 e. The molecule has 2 unspecified atom stereocenters. The van der Waals surface area contributed by atoms with E-state index in [2.05, 4.69) is 21.2 Å². The van der Waals surface area contributed by atoms with Crippen molar-refractivity contribution in [3.05, 3.63) is 70.3 Å². The second-order valence-corrected chi connectivity index (χ2v) is 11.8. The van der Waals surface area contributed by atoms with Crippen molar-refractivity contribution in [3.8, 4) is 5.75 Å². The summed E-state index contributed by atoms with van der Waals surface area (Å²) in [5.74, 6) is -1.33. The van der Waals surface area contributed by atoms with Gasteiger partial charge in [-0.25, -0.2) is 0 Å². The molecule has 5 rings (SSSR count). The van der Waals surface area contributed by atoms with Crippen molar-refractivity contribution in [2.45, 2.75) is 34.4 Å². The number of carbonyl (C=O) groups is 2. The summed E-state index contributed by atoms with van der Waals surface area (Å²) in [5, 5.41) is 13.4. The van der Waals surface area contributed by atoms with E-state index in [1.807, 2.05) is 13.0 Å². The zero-order chi connectivity index (χ0) is 26.4. The molecule has 1 N–H and O–H groups in total. The van der Waals surface area contributed by atoms with Crippen LogP contribution in [0.3, 0.4) is 0 Å². The van der Waals surface area contributed by atoms with Gasteiger partial charge >= 0.3 is 5.97 Å². The average Bonchev–Trinajstić information content (AvgIpc) is 3.30. The molecule has 2 amide bonds. The fraction of sp³-hybridized carbons (Fsp3) is 0.417. The molecule has 0 bridgehead atoms. The highest BCUT2D eigenvalue weighted by Crippen LogP contribution is 2.57. The van der Waals surface area contributed by atoms with E-state index in [1.165, 1.54) is 43.1 Å². The molecule has 5 atom stereocenters. The third-order valence-corrected chi connectivity index (χ3v) is 9.50. The first kappa shape index (κ1) is 25.9. The van der Waals surface area contributed by atoms with Crippen molar-refractivity contribution in [2.24, 2.45) is 0 Å². The molecule has 0 aromatic heterocycles. The van der Waals surface area contributed by atoms with E-state index in [1.54, 1.807) is 29.2 Å². The lowest BCUT2D eigenvalue weighted by atomic mass is 9.91. The van der Waals surface area contributed by atoms with Gasteiger partial charge in [0.25, 0.3) is 17.5 Å². The molecule has 37 heavy (non-hydrogen) atoms. The monoisotopic (exact) mass is 593 g/mol. The van der Waals surface area contributed by atoms with Crippen LogP contribution in [0.4, 0.5) is 5.69 Å². The molecule has 0 aliphatic carbocycles. The summed E-state index contributed by atoms with van der Waals surface area (Å²) in [5.41, 5.74) is -0.944. The Morgan fingerprint density at radius 2 is 1.97 bits per heavy atom. The summed E-state index contributed by atoms with van der Waals surface area (Å²) in [6, 6.07) is 13.8. The molecule has 0 radical (unpaired) electrons. The van der Waals surface area contributed by atoms with Gasteiger partial charge in [-0.05, 0) is 31.2 Å². The van der Waals surface area contributed by atoms with E-state index < -0.39 is 38.3 Å². The number of fused-ring (bicyclic) bond motifs is 2. The fourth-order valence-electron chi connectivity index (χ4n) is 4.64. The summed E-state index contributed by atoms with van der Waals surface area (Å²) >= 11 is 5.25. The number of benzene rings is 2. The van der Waals surface area contributed by atoms with Gasteiger partial charge in [-0.1, -0.05) is 34.1 Å². The van der Waals surface area contributed by atoms with E-state index in [4.69, 9.17) is 18.9 Å². The SMILES string of the molecule is CO[C@@]1(c2ccc([N+](=O)[O-])cc2)OCC2(O1)N1C(=O)C(NC(=O)COc3ccccc3)[C@H]1SC[C@@]2(C)Br. The van der Waals surface area contributed by atoms with Crippen molar-refractivity contribution < 1.29 is 33.5 Å². The van der Waals surface area contributed by atoms with E-state index >= 15 is 0 Å². The second-order valence-electron chi connectivity index (χ2n) is 8.99. The Balaban J connectivity index is 1.33. The van der Waals surface area contributed by atoms with Crippen LogP contribution in [0.1, 0.15) is 12.5 Å². The van der Waals surface area contributed by atoms with Crippen molar-refractivity contribution in [1.82, 2.24) is 10.2 Å². The Hall–Kier alpha value is -2.71. The smallest absolute Gasteiger partial charge is 0.314 e. The Kier molecular flexibility index (Phi) is 6.69.